The van der Waals surface area contributed by atoms with E-state index in [-0.39, 0.29) is 6.03 Å². The Hall–Kier alpha value is -2.19. The van der Waals surface area contributed by atoms with Crippen LogP contribution < -0.4 is 10.6 Å². The highest BCUT2D eigenvalue weighted by Gasteiger charge is 2.13. The third kappa shape index (κ3) is 4.75. The number of fused-ring (bicyclic) bond motifs is 1. The van der Waals surface area contributed by atoms with Crippen molar-refractivity contribution in [2.75, 3.05) is 36.9 Å². The van der Waals surface area contributed by atoms with Crippen molar-refractivity contribution in [3.63, 3.8) is 0 Å². The molecule has 4 rings (SSSR count). The molecule has 3 aromatic rings. The van der Waals surface area contributed by atoms with Gasteiger partial charge in [-0.2, -0.15) is 0 Å². The maximum absolute atomic E-state index is 12.2. The number of benzene rings is 2. The Balaban J connectivity index is 1.42. The minimum absolute atomic E-state index is 0.343. The Kier molecular flexibility index (Phi) is 5.54. The van der Waals surface area contributed by atoms with Crippen LogP contribution in [0.15, 0.2) is 42.5 Å². The average Bonchev–Trinajstić information content (AvgIpc) is 3.04. The van der Waals surface area contributed by atoms with Crippen molar-refractivity contribution in [1.29, 1.82) is 0 Å². The molecule has 1 saturated heterocycles. The van der Waals surface area contributed by atoms with Gasteiger partial charge in [-0.15, -0.1) is 0 Å². The van der Waals surface area contributed by atoms with Gasteiger partial charge in [-0.3, -0.25) is 10.2 Å². The van der Waals surface area contributed by atoms with E-state index in [1.165, 1.54) is 16.9 Å². The Morgan fingerprint density at radius 2 is 2.04 bits per heavy atom. The summed E-state index contributed by atoms with van der Waals surface area (Å²) in [4.78, 5) is 19.0. The summed E-state index contributed by atoms with van der Waals surface area (Å²) in [5.74, 6) is 0. The molecular formula is C19H19ClN4O2S. The molecule has 0 radical (unpaired) electrons. The molecule has 8 heteroatoms. The van der Waals surface area contributed by atoms with Crippen LogP contribution in [0.4, 0.5) is 15.6 Å². The first kappa shape index (κ1) is 18.2. The van der Waals surface area contributed by atoms with Crippen molar-refractivity contribution >= 4 is 50.0 Å². The van der Waals surface area contributed by atoms with Gasteiger partial charge in [0.2, 0.25) is 0 Å². The zero-order valence-electron chi connectivity index (χ0n) is 14.6. The third-order valence-electron chi connectivity index (χ3n) is 4.27. The molecule has 27 heavy (non-hydrogen) atoms. The van der Waals surface area contributed by atoms with Gasteiger partial charge in [-0.05, 0) is 35.9 Å². The van der Waals surface area contributed by atoms with Crippen molar-refractivity contribution in [2.24, 2.45) is 0 Å². The number of morpholine rings is 1. The average molecular weight is 403 g/mol. The standard InChI is InChI=1S/C19H19ClN4O2S/c20-14-2-1-3-15(11-14)21-18(25)23-19-22-16-5-4-13(10-17(16)27-19)12-24-6-8-26-9-7-24/h1-5,10-11H,6-9,12H2,(H2,21,22,23,25). The quantitative estimate of drug-likeness (QED) is 0.677. The molecule has 2 aromatic carbocycles. The predicted molar refractivity (Wildman–Crippen MR) is 110 cm³/mol. The van der Waals surface area contributed by atoms with Crippen molar-refractivity contribution < 1.29 is 9.53 Å². The van der Waals surface area contributed by atoms with Crippen LogP contribution in [0.1, 0.15) is 5.56 Å². The van der Waals surface area contributed by atoms with Crippen molar-refractivity contribution in [3.8, 4) is 0 Å². The maximum Gasteiger partial charge on any atom is 0.325 e. The Morgan fingerprint density at radius 1 is 1.19 bits per heavy atom. The van der Waals surface area contributed by atoms with Crippen LogP contribution >= 0.6 is 22.9 Å². The number of thiazole rings is 1. The van der Waals surface area contributed by atoms with E-state index in [1.54, 1.807) is 24.3 Å². The number of nitrogens with zero attached hydrogens (tertiary/aromatic N) is 2. The Bertz CT molecular complexity index is 956. The van der Waals surface area contributed by atoms with Crippen LogP contribution in [-0.2, 0) is 11.3 Å². The summed E-state index contributed by atoms with van der Waals surface area (Å²) < 4.78 is 6.45. The fourth-order valence-corrected chi connectivity index (χ4v) is 4.08. The lowest BCUT2D eigenvalue weighted by Gasteiger charge is -2.26. The number of hydrogen-bond acceptors (Lipinski definition) is 5. The fourth-order valence-electron chi connectivity index (χ4n) is 2.96. The van der Waals surface area contributed by atoms with E-state index in [1.807, 2.05) is 6.07 Å². The lowest BCUT2D eigenvalue weighted by molar-refractivity contribution is 0.0342. The summed E-state index contributed by atoms with van der Waals surface area (Å²) in [5.41, 5.74) is 2.75. The van der Waals surface area contributed by atoms with Crippen LogP contribution in [0.2, 0.25) is 5.02 Å². The van der Waals surface area contributed by atoms with E-state index in [0.29, 0.717) is 15.8 Å². The van der Waals surface area contributed by atoms with Gasteiger partial charge in [0.1, 0.15) is 0 Å². The number of nitrogens with one attached hydrogen (secondary N) is 2. The summed E-state index contributed by atoms with van der Waals surface area (Å²) in [5, 5.41) is 6.68. The van der Waals surface area contributed by atoms with Gasteiger partial charge in [0.15, 0.2) is 5.13 Å². The number of rotatable bonds is 4. The van der Waals surface area contributed by atoms with Gasteiger partial charge in [0, 0.05) is 30.3 Å². The van der Waals surface area contributed by atoms with Crippen molar-refractivity contribution in [3.05, 3.63) is 53.1 Å². The summed E-state index contributed by atoms with van der Waals surface area (Å²) in [6.07, 6.45) is 0. The van der Waals surface area contributed by atoms with Gasteiger partial charge in [0.25, 0.3) is 0 Å². The predicted octanol–water partition coefficient (Wildman–Crippen LogP) is 4.43. The number of hydrogen-bond donors (Lipinski definition) is 2. The zero-order chi connectivity index (χ0) is 18.6. The minimum Gasteiger partial charge on any atom is -0.379 e. The Labute approximate surface area is 166 Å². The van der Waals surface area contributed by atoms with E-state index >= 15 is 0 Å². The third-order valence-corrected chi connectivity index (χ3v) is 5.43. The molecule has 0 aliphatic carbocycles. The molecule has 2 N–H and O–H groups in total. The minimum atomic E-state index is -0.343. The summed E-state index contributed by atoms with van der Waals surface area (Å²) in [6, 6.07) is 12.9. The summed E-state index contributed by atoms with van der Waals surface area (Å²) in [6.45, 7) is 4.39. The molecule has 1 aromatic heterocycles. The number of carbonyl (C=O) groups is 1. The van der Waals surface area contributed by atoms with Crippen LogP contribution in [0.5, 0.6) is 0 Å². The lowest BCUT2D eigenvalue weighted by Crippen LogP contribution is -2.35. The molecule has 0 bridgehead atoms. The van der Waals surface area contributed by atoms with Gasteiger partial charge >= 0.3 is 6.03 Å². The molecule has 2 amide bonds. The number of amides is 2. The van der Waals surface area contributed by atoms with Crippen LogP contribution in [-0.4, -0.2) is 42.2 Å². The number of anilines is 2. The molecule has 0 saturated carbocycles. The number of halogens is 1. The summed E-state index contributed by atoms with van der Waals surface area (Å²) >= 11 is 7.40. The van der Waals surface area contributed by atoms with Crippen molar-refractivity contribution in [2.45, 2.75) is 6.54 Å². The Morgan fingerprint density at radius 3 is 2.85 bits per heavy atom. The highest BCUT2D eigenvalue weighted by molar-refractivity contribution is 7.22. The van der Waals surface area contributed by atoms with Crippen LogP contribution in [0.25, 0.3) is 10.2 Å². The smallest absolute Gasteiger partial charge is 0.325 e. The van der Waals surface area contributed by atoms with Crippen molar-refractivity contribution in [1.82, 2.24) is 9.88 Å². The normalized spacial score (nSPS) is 15.0. The van der Waals surface area contributed by atoms with E-state index in [4.69, 9.17) is 16.3 Å². The van der Waals surface area contributed by atoms with E-state index < -0.39 is 0 Å². The topological polar surface area (TPSA) is 66.5 Å². The molecule has 1 fully saturated rings. The number of ether oxygens (including phenoxy) is 1. The number of urea groups is 1. The SMILES string of the molecule is O=C(Nc1cccc(Cl)c1)Nc1nc2ccc(CN3CCOCC3)cc2s1. The zero-order valence-corrected chi connectivity index (χ0v) is 16.1. The maximum atomic E-state index is 12.2. The molecular weight excluding hydrogens is 384 g/mol. The molecule has 0 atom stereocenters. The second kappa shape index (κ2) is 8.22. The van der Waals surface area contributed by atoms with Crippen LogP contribution in [0, 0.1) is 0 Å². The number of carbonyl (C=O) groups excluding carboxylic acids is 1. The van der Waals surface area contributed by atoms with Crippen LogP contribution in [0.3, 0.4) is 0 Å². The fraction of sp³-hybridized carbons (Fsp3) is 0.263. The van der Waals surface area contributed by atoms with Gasteiger partial charge < -0.3 is 10.1 Å². The summed E-state index contributed by atoms with van der Waals surface area (Å²) in [7, 11) is 0. The monoisotopic (exact) mass is 402 g/mol. The molecule has 0 unspecified atom stereocenters. The van der Waals surface area contributed by atoms with E-state index in [2.05, 4.69) is 32.7 Å². The first-order valence-electron chi connectivity index (χ1n) is 8.69. The molecule has 2 heterocycles. The first-order chi connectivity index (χ1) is 13.2. The molecule has 6 nitrogen and oxygen atoms in total. The molecule has 0 spiro atoms. The molecule has 1 aliphatic heterocycles. The second-order valence-electron chi connectivity index (χ2n) is 6.30. The highest BCUT2D eigenvalue weighted by atomic mass is 35.5. The molecule has 140 valence electrons. The second-order valence-corrected chi connectivity index (χ2v) is 7.77. The first-order valence-corrected chi connectivity index (χ1v) is 9.88. The molecule has 1 aliphatic rings. The largest absolute Gasteiger partial charge is 0.379 e. The highest BCUT2D eigenvalue weighted by Crippen LogP contribution is 2.27. The number of aromatic nitrogens is 1. The lowest BCUT2D eigenvalue weighted by atomic mass is 10.2. The van der Waals surface area contributed by atoms with E-state index in [0.717, 1.165) is 43.1 Å². The van der Waals surface area contributed by atoms with Gasteiger partial charge in [-0.25, -0.2) is 9.78 Å². The van der Waals surface area contributed by atoms with Gasteiger partial charge in [0.05, 0.1) is 23.4 Å². The van der Waals surface area contributed by atoms with Gasteiger partial charge in [-0.1, -0.05) is 35.1 Å². The van der Waals surface area contributed by atoms with E-state index in [9.17, 15) is 4.79 Å².